The normalized spacial score (nSPS) is 16.9. The minimum Gasteiger partial charge on any atom is -0.339 e. The zero-order chi connectivity index (χ0) is 14.9. The van der Waals surface area contributed by atoms with E-state index in [9.17, 15) is 4.79 Å². The van der Waals surface area contributed by atoms with Crippen molar-refractivity contribution < 1.29 is 4.52 Å². The van der Waals surface area contributed by atoms with Crippen LogP contribution >= 0.6 is 0 Å². The number of nitrogens with one attached hydrogen (secondary N) is 1. The molecule has 8 heteroatoms. The molecule has 3 aromatic heterocycles. The van der Waals surface area contributed by atoms with Crippen molar-refractivity contribution in [3.8, 4) is 11.4 Å². The van der Waals surface area contributed by atoms with Crippen LogP contribution < -0.4 is 5.56 Å². The van der Waals surface area contributed by atoms with Gasteiger partial charge in [0.1, 0.15) is 11.9 Å². The van der Waals surface area contributed by atoms with Crippen LogP contribution in [0.4, 0.5) is 0 Å². The minimum absolute atomic E-state index is 0.282. The van der Waals surface area contributed by atoms with Crippen LogP contribution in [0.25, 0.3) is 17.2 Å². The lowest BCUT2D eigenvalue weighted by atomic mass is 10.0. The van der Waals surface area contributed by atoms with Gasteiger partial charge >= 0.3 is 0 Å². The smallest absolute Gasteiger partial charge is 0.285 e. The number of hydrogen-bond acceptors (Lipinski definition) is 6. The molecule has 0 aliphatic heterocycles. The van der Waals surface area contributed by atoms with E-state index in [0.717, 1.165) is 12.8 Å². The molecule has 0 bridgehead atoms. The molecule has 22 heavy (non-hydrogen) atoms. The third-order valence-electron chi connectivity index (χ3n) is 4.20. The second kappa shape index (κ2) is 5.36. The van der Waals surface area contributed by atoms with Gasteiger partial charge in [-0.2, -0.15) is 9.50 Å². The fourth-order valence-electron chi connectivity index (χ4n) is 2.99. The number of aromatic nitrogens is 6. The predicted octanol–water partition coefficient (Wildman–Crippen LogP) is 1.91. The van der Waals surface area contributed by atoms with Crippen LogP contribution in [-0.2, 0) is 0 Å². The zero-order valence-electron chi connectivity index (χ0n) is 12.0. The molecule has 0 amide bonds. The van der Waals surface area contributed by atoms with Crippen LogP contribution in [-0.4, -0.2) is 29.7 Å². The monoisotopic (exact) mass is 300 g/mol. The highest BCUT2D eigenvalue weighted by Gasteiger charge is 2.22. The van der Waals surface area contributed by atoms with Crippen LogP contribution in [0.5, 0.6) is 0 Å². The molecule has 0 unspecified atom stereocenters. The Kier molecular flexibility index (Phi) is 3.21. The van der Waals surface area contributed by atoms with Gasteiger partial charge in [-0.3, -0.25) is 9.89 Å². The molecule has 1 aliphatic carbocycles. The average molecular weight is 300 g/mol. The van der Waals surface area contributed by atoms with Crippen molar-refractivity contribution in [2.45, 2.75) is 44.4 Å². The first-order valence-electron chi connectivity index (χ1n) is 7.58. The van der Waals surface area contributed by atoms with E-state index < -0.39 is 0 Å². The second-order valence-corrected chi connectivity index (χ2v) is 5.64. The molecule has 0 aromatic carbocycles. The zero-order valence-corrected chi connectivity index (χ0v) is 12.0. The van der Waals surface area contributed by atoms with E-state index >= 15 is 0 Å². The van der Waals surface area contributed by atoms with Crippen molar-refractivity contribution in [3.05, 3.63) is 28.8 Å². The first-order valence-corrected chi connectivity index (χ1v) is 7.58. The highest BCUT2D eigenvalue weighted by molar-refractivity contribution is 5.52. The van der Waals surface area contributed by atoms with Gasteiger partial charge < -0.3 is 4.52 Å². The Balaban J connectivity index is 1.70. The Morgan fingerprint density at radius 2 is 2.00 bits per heavy atom. The number of H-pyrrole nitrogens is 1. The van der Waals surface area contributed by atoms with Crippen molar-refractivity contribution in [2.75, 3.05) is 0 Å². The summed E-state index contributed by atoms with van der Waals surface area (Å²) in [5, 5.41) is 6.69. The van der Waals surface area contributed by atoms with Crippen molar-refractivity contribution in [1.82, 2.24) is 29.7 Å². The molecule has 0 saturated heterocycles. The second-order valence-electron chi connectivity index (χ2n) is 5.64. The van der Waals surface area contributed by atoms with Crippen molar-refractivity contribution in [1.29, 1.82) is 0 Å². The fraction of sp³-hybridized carbons (Fsp3) is 0.500. The summed E-state index contributed by atoms with van der Waals surface area (Å²) in [6.45, 7) is 0. The Hall–Kier alpha value is -2.51. The summed E-state index contributed by atoms with van der Waals surface area (Å²) >= 11 is 0. The molecule has 0 radical (unpaired) electrons. The van der Waals surface area contributed by atoms with Crippen molar-refractivity contribution in [2.24, 2.45) is 0 Å². The van der Waals surface area contributed by atoms with Gasteiger partial charge in [0.05, 0.1) is 0 Å². The number of hydrogen-bond donors (Lipinski definition) is 1. The van der Waals surface area contributed by atoms with E-state index in [2.05, 4.69) is 25.2 Å². The maximum Gasteiger partial charge on any atom is 0.285 e. The highest BCUT2D eigenvalue weighted by Crippen LogP contribution is 2.31. The summed E-state index contributed by atoms with van der Waals surface area (Å²) in [6, 6.07) is 0. The van der Waals surface area contributed by atoms with E-state index in [1.807, 2.05) is 0 Å². The van der Waals surface area contributed by atoms with E-state index in [0.29, 0.717) is 29.0 Å². The number of aromatic amines is 1. The first kappa shape index (κ1) is 13.2. The van der Waals surface area contributed by atoms with Gasteiger partial charge in [0.15, 0.2) is 0 Å². The van der Waals surface area contributed by atoms with Crippen LogP contribution in [0.15, 0.2) is 21.8 Å². The van der Waals surface area contributed by atoms with E-state index in [-0.39, 0.29) is 5.56 Å². The van der Waals surface area contributed by atoms with Crippen LogP contribution in [0.2, 0.25) is 0 Å². The molecule has 3 aromatic rings. The van der Waals surface area contributed by atoms with Gasteiger partial charge in [-0.25, -0.2) is 9.97 Å². The Morgan fingerprint density at radius 1 is 1.18 bits per heavy atom. The Labute approximate surface area is 125 Å². The van der Waals surface area contributed by atoms with E-state index in [1.165, 1.54) is 42.7 Å². The standard InChI is InChI=1S/C14H16N6O2/c21-13-10(7-15-14-16-8-17-20(13)14)11-18-12(22-19-11)9-5-3-1-2-4-6-9/h7-9H,1-6H2,(H,15,16,17). The van der Waals surface area contributed by atoms with Crippen molar-refractivity contribution >= 4 is 5.78 Å². The van der Waals surface area contributed by atoms with Crippen LogP contribution in [0, 0.1) is 0 Å². The number of nitrogens with zero attached hydrogens (tertiary/aromatic N) is 5. The third-order valence-corrected chi connectivity index (χ3v) is 4.20. The molecule has 1 saturated carbocycles. The molecule has 1 N–H and O–H groups in total. The molecule has 1 aliphatic rings. The lowest BCUT2D eigenvalue weighted by Gasteiger charge is -2.06. The molecule has 8 nitrogen and oxygen atoms in total. The van der Waals surface area contributed by atoms with Crippen LogP contribution in [0.1, 0.15) is 50.3 Å². The maximum atomic E-state index is 12.4. The number of fused-ring (bicyclic) bond motifs is 1. The van der Waals surface area contributed by atoms with Gasteiger partial charge in [0.2, 0.25) is 11.7 Å². The fourth-order valence-corrected chi connectivity index (χ4v) is 2.99. The predicted molar refractivity (Wildman–Crippen MR) is 77.3 cm³/mol. The van der Waals surface area contributed by atoms with E-state index in [4.69, 9.17) is 4.52 Å². The van der Waals surface area contributed by atoms with Gasteiger partial charge in [-0.05, 0) is 12.8 Å². The van der Waals surface area contributed by atoms with Gasteiger partial charge in [-0.15, -0.1) is 0 Å². The molecule has 0 atom stereocenters. The maximum absolute atomic E-state index is 12.4. The molecule has 3 heterocycles. The number of rotatable bonds is 2. The SMILES string of the molecule is O=c1c(-c2noc(C3CCCCCC3)n2)cnc2nc[nH]n12. The van der Waals surface area contributed by atoms with Crippen molar-refractivity contribution in [3.63, 3.8) is 0 Å². The molecule has 114 valence electrons. The molecule has 4 rings (SSSR count). The van der Waals surface area contributed by atoms with Gasteiger partial charge in [0.25, 0.3) is 11.3 Å². The lowest BCUT2D eigenvalue weighted by molar-refractivity contribution is 0.341. The highest BCUT2D eigenvalue weighted by atomic mass is 16.5. The summed E-state index contributed by atoms with van der Waals surface area (Å²) < 4.78 is 6.66. The third kappa shape index (κ3) is 2.20. The summed E-state index contributed by atoms with van der Waals surface area (Å²) in [5.41, 5.74) is 0.0288. The van der Waals surface area contributed by atoms with Gasteiger partial charge in [0, 0.05) is 12.1 Å². The quantitative estimate of drug-likeness (QED) is 0.725. The molecule has 1 fully saturated rings. The summed E-state index contributed by atoms with van der Waals surface area (Å²) in [6.07, 6.45) is 9.90. The minimum atomic E-state index is -0.282. The summed E-state index contributed by atoms with van der Waals surface area (Å²) in [7, 11) is 0. The summed E-state index contributed by atoms with van der Waals surface area (Å²) in [5.74, 6) is 1.54. The van der Waals surface area contributed by atoms with E-state index in [1.54, 1.807) is 0 Å². The Bertz CT molecular complexity index is 840. The first-order chi connectivity index (χ1) is 10.8. The molecule has 0 spiro atoms. The molecular formula is C14H16N6O2. The lowest BCUT2D eigenvalue weighted by Crippen LogP contribution is -2.17. The Morgan fingerprint density at radius 3 is 2.82 bits per heavy atom. The van der Waals surface area contributed by atoms with Gasteiger partial charge in [-0.1, -0.05) is 30.8 Å². The summed E-state index contributed by atoms with van der Waals surface area (Å²) in [4.78, 5) is 24.8. The average Bonchev–Trinajstić information content (AvgIpc) is 3.12. The molecular weight excluding hydrogens is 284 g/mol. The topological polar surface area (TPSA) is 102 Å². The van der Waals surface area contributed by atoms with Crippen LogP contribution in [0.3, 0.4) is 0 Å². The largest absolute Gasteiger partial charge is 0.339 e.